The van der Waals surface area contributed by atoms with Crippen molar-refractivity contribution in [3.05, 3.63) is 29.6 Å². The van der Waals surface area contributed by atoms with Crippen molar-refractivity contribution >= 4 is 11.5 Å². The molecule has 1 heterocycles. The van der Waals surface area contributed by atoms with Gasteiger partial charge in [0.25, 0.3) is 0 Å². The zero-order valence-electron chi connectivity index (χ0n) is 11.1. The van der Waals surface area contributed by atoms with Crippen molar-refractivity contribution < 1.29 is 9.60 Å². The fourth-order valence-corrected chi connectivity index (χ4v) is 2.56. The van der Waals surface area contributed by atoms with E-state index in [2.05, 4.69) is 17.0 Å². The molecule has 0 unspecified atom stereocenters. The summed E-state index contributed by atoms with van der Waals surface area (Å²) in [7, 11) is 0. The molecule has 0 saturated carbocycles. The molecule has 1 aliphatic rings. The van der Waals surface area contributed by atoms with Crippen LogP contribution >= 0.6 is 0 Å². The number of benzene rings is 1. The number of hydrogen-bond donors (Lipinski definition) is 2. The summed E-state index contributed by atoms with van der Waals surface area (Å²) in [5.74, 6) is 0.366. The first-order valence-corrected chi connectivity index (χ1v) is 6.68. The fourth-order valence-electron chi connectivity index (χ4n) is 2.56. The van der Waals surface area contributed by atoms with Gasteiger partial charge >= 0.3 is 0 Å². The van der Waals surface area contributed by atoms with Gasteiger partial charge in [-0.3, -0.25) is 0 Å². The number of anilines is 1. The monoisotopic (exact) mass is 265 g/mol. The highest BCUT2D eigenvalue weighted by molar-refractivity contribution is 5.97. The molecule has 104 valence electrons. The molecular formula is C14H20FN3O. The molecule has 1 saturated heterocycles. The van der Waals surface area contributed by atoms with E-state index >= 15 is 0 Å². The SMILES string of the molecule is CCC1CCN(c2ccc(C(N)=NO)cc2F)CC1. The summed E-state index contributed by atoms with van der Waals surface area (Å²) < 4.78 is 14.1. The zero-order chi connectivity index (χ0) is 13.8. The summed E-state index contributed by atoms with van der Waals surface area (Å²) in [5, 5.41) is 11.5. The third-order valence-electron chi connectivity index (χ3n) is 3.88. The summed E-state index contributed by atoms with van der Waals surface area (Å²) in [5.41, 5.74) is 6.44. The van der Waals surface area contributed by atoms with E-state index < -0.39 is 0 Å². The Bertz CT molecular complexity index is 468. The van der Waals surface area contributed by atoms with Crippen LogP contribution in [0.4, 0.5) is 10.1 Å². The Morgan fingerprint density at radius 1 is 1.47 bits per heavy atom. The van der Waals surface area contributed by atoms with Gasteiger partial charge in [0.05, 0.1) is 5.69 Å². The molecule has 0 aromatic heterocycles. The van der Waals surface area contributed by atoms with Crippen molar-refractivity contribution in [3.63, 3.8) is 0 Å². The minimum atomic E-state index is -0.320. The number of amidine groups is 1. The first-order valence-electron chi connectivity index (χ1n) is 6.68. The number of halogens is 1. The number of piperidine rings is 1. The lowest BCUT2D eigenvalue weighted by atomic mass is 9.94. The van der Waals surface area contributed by atoms with Gasteiger partial charge < -0.3 is 15.8 Å². The third kappa shape index (κ3) is 2.97. The Balaban J connectivity index is 2.14. The minimum absolute atomic E-state index is 0.0739. The molecule has 0 bridgehead atoms. The van der Waals surface area contributed by atoms with Crippen LogP contribution in [0.2, 0.25) is 0 Å². The Labute approximate surface area is 112 Å². The molecule has 0 spiro atoms. The zero-order valence-corrected chi connectivity index (χ0v) is 11.1. The van der Waals surface area contributed by atoms with Crippen LogP contribution in [0.25, 0.3) is 0 Å². The molecule has 1 fully saturated rings. The molecule has 3 N–H and O–H groups in total. The average Bonchev–Trinajstić information content (AvgIpc) is 2.46. The Morgan fingerprint density at radius 3 is 2.68 bits per heavy atom. The van der Waals surface area contributed by atoms with Gasteiger partial charge in [0.2, 0.25) is 0 Å². The normalized spacial score (nSPS) is 17.8. The Hall–Kier alpha value is -1.78. The molecule has 4 nitrogen and oxygen atoms in total. The number of rotatable bonds is 3. The van der Waals surface area contributed by atoms with Crippen molar-refractivity contribution in [1.29, 1.82) is 0 Å². The number of oxime groups is 1. The second-order valence-corrected chi connectivity index (χ2v) is 4.99. The van der Waals surface area contributed by atoms with Gasteiger partial charge in [-0.15, -0.1) is 0 Å². The van der Waals surface area contributed by atoms with Crippen LogP contribution in [0.5, 0.6) is 0 Å². The lowest BCUT2D eigenvalue weighted by Crippen LogP contribution is -2.34. The van der Waals surface area contributed by atoms with Crippen molar-refractivity contribution in [2.45, 2.75) is 26.2 Å². The molecular weight excluding hydrogens is 245 g/mol. The number of nitrogens with zero attached hydrogens (tertiary/aromatic N) is 2. The topological polar surface area (TPSA) is 61.8 Å². The van der Waals surface area contributed by atoms with E-state index in [9.17, 15) is 4.39 Å². The molecule has 5 heteroatoms. The number of hydrogen-bond acceptors (Lipinski definition) is 3. The standard InChI is InChI=1S/C14H20FN3O/c1-2-10-5-7-18(8-6-10)13-4-3-11(9-12(13)15)14(16)17-19/h3-4,9-10,19H,2,5-8H2,1H3,(H2,16,17). The molecule has 0 atom stereocenters. The number of nitrogens with two attached hydrogens (primary N) is 1. The van der Waals surface area contributed by atoms with Crippen LogP contribution in [0.3, 0.4) is 0 Å². The van der Waals surface area contributed by atoms with E-state index in [1.54, 1.807) is 12.1 Å². The quantitative estimate of drug-likeness (QED) is 0.382. The second kappa shape index (κ2) is 5.91. The Kier molecular flexibility index (Phi) is 4.24. The van der Waals surface area contributed by atoms with Crippen LogP contribution < -0.4 is 10.6 Å². The molecule has 0 aliphatic carbocycles. The van der Waals surface area contributed by atoms with Gasteiger partial charge in [-0.2, -0.15) is 0 Å². The average molecular weight is 265 g/mol. The lowest BCUT2D eigenvalue weighted by Gasteiger charge is -2.33. The van der Waals surface area contributed by atoms with Crippen LogP contribution in [0, 0.1) is 11.7 Å². The van der Waals surface area contributed by atoms with E-state index in [0.717, 1.165) is 31.8 Å². The smallest absolute Gasteiger partial charge is 0.170 e. The predicted octanol–water partition coefficient (Wildman–Crippen LogP) is 2.55. The van der Waals surface area contributed by atoms with Crippen molar-refractivity contribution in [1.82, 2.24) is 0 Å². The maximum Gasteiger partial charge on any atom is 0.170 e. The van der Waals surface area contributed by atoms with Crippen molar-refractivity contribution in [2.75, 3.05) is 18.0 Å². The van der Waals surface area contributed by atoms with Gasteiger partial charge in [0.1, 0.15) is 5.82 Å². The van der Waals surface area contributed by atoms with E-state index in [-0.39, 0.29) is 11.7 Å². The third-order valence-corrected chi connectivity index (χ3v) is 3.88. The van der Waals surface area contributed by atoms with Gasteiger partial charge in [-0.05, 0) is 37.0 Å². The predicted molar refractivity (Wildman–Crippen MR) is 74.1 cm³/mol. The van der Waals surface area contributed by atoms with Crippen LogP contribution in [-0.4, -0.2) is 24.1 Å². The van der Waals surface area contributed by atoms with Gasteiger partial charge in [-0.1, -0.05) is 18.5 Å². The summed E-state index contributed by atoms with van der Waals surface area (Å²) >= 11 is 0. The van der Waals surface area contributed by atoms with Crippen molar-refractivity contribution in [3.8, 4) is 0 Å². The first-order chi connectivity index (χ1) is 9.15. The molecule has 1 aromatic carbocycles. The lowest BCUT2D eigenvalue weighted by molar-refractivity contribution is 0.318. The molecule has 0 radical (unpaired) electrons. The van der Waals surface area contributed by atoms with E-state index in [1.165, 1.54) is 12.5 Å². The Morgan fingerprint density at radius 2 is 2.16 bits per heavy atom. The maximum atomic E-state index is 14.1. The van der Waals surface area contributed by atoms with Crippen LogP contribution in [0.15, 0.2) is 23.4 Å². The molecule has 0 amide bonds. The van der Waals surface area contributed by atoms with Gasteiger partial charge in [0, 0.05) is 18.7 Å². The highest BCUT2D eigenvalue weighted by Gasteiger charge is 2.20. The van der Waals surface area contributed by atoms with E-state index in [4.69, 9.17) is 10.9 Å². The van der Waals surface area contributed by atoms with Gasteiger partial charge in [0.15, 0.2) is 5.84 Å². The van der Waals surface area contributed by atoms with Crippen molar-refractivity contribution in [2.24, 2.45) is 16.8 Å². The fraction of sp³-hybridized carbons (Fsp3) is 0.500. The minimum Gasteiger partial charge on any atom is -0.409 e. The molecule has 1 aromatic rings. The molecule has 19 heavy (non-hydrogen) atoms. The summed E-state index contributed by atoms with van der Waals surface area (Å²) in [6, 6.07) is 4.70. The summed E-state index contributed by atoms with van der Waals surface area (Å²) in [4.78, 5) is 2.07. The van der Waals surface area contributed by atoms with E-state index in [1.807, 2.05) is 0 Å². The molecule has 2 rings (SSSR count). The van der Waals surface area contributed by atoms with Gasteiger partial charge in [-0.25, -0.2) is 4.39 Å². The highest BCUT2D eigenvalue weighted by Crippen LogP contribution is 2.27. The summed E-state index contributed by atoms with van der Waals surface area (Å²) in [6.45, 7) is 3.98. The summed E-state index contributed by atoms with van der Waals surface area (Å²) in [6.07, 6.45) is 3.41. The largest absolute Gasteiger partial charge is 0.409 e. The highest BCUT2D eigenvalue weighted by atomic mass is 19.1. The maximum absolute atomic E-state index is 14.1. The second-order valence-electron chi connectivity index (χ2n) is 4.99. The molecule has 1 aliphatic heterocycles. The van der Waals surface area contributed by atoms with Crippen LogP contribution in [0.1, 0.15) is 31.7 Å². The first kappa shape index (κ1) is 13.6. The van der Waals surface area contributed by atoms with Crippen LogP contribution in [-0.2, 0) is 0 Å². The van der Waals surface area contributed by atoms with E-state index in [0.29, 0.717) is 11.3 Å².